The fraction of sp³-hybridized carbons (Fsp3) is 0.684. The van der Waals surface area contributed by atoms with Crippen molar-refractivity contribution in [3.05, 3.63) is 30.0 Å². The van der Waals surface area contributed by atoms with Crippen molar-refractivity contribution in [3.8, 4) is 0 Å². The molecule has 0 spiro atoms. The molecule has 0 bridgehead atoms. The lowest BCUT2D eigenvalue weighted by Crippen LogP contribution is -2.50. The summed E-state index contributed by atoms with van der Waals surface area (Å²) in [6.45, 7) is 6.65. The fourth-order valence-corrected chi connectivity index (χ4v) is 4.10. The lowest BCUT2D eigenvalue weighted by atomic mass is 10.1. The first-order chi connectivity index (χ1) is 13.8. The Hall–Kier alpha value is -2.26. The largest absolute Gasteiger partial charge is 0.459 e. The number of carbonyl (C=O) groups excluding carboxylic acids is 1. The van der Waals surface area contributed by atoms with Crippen molar-refractivity contribution >= 4 is 5.91 Å². The highest BCUT2D eigenvalue weighted by molar-refractivity contribution is 5.91. The number of aromatic nitrogens is 4. The molecule has 4 rings (SSSR count). The van der Waals surface area contributed by atoms with Crippen LogP contribution >= 0.6 is 0 Å². The van der Waals surface area contributed by atoms with Gasteiger partial charge in [0.1, 0.15) is 0 Å². The highest BCUT2D eigenvalue weighted by Crippen LogP contribution is 2.26. The number of furan rings is 1. The van der Waals surface area contributed by atoms with Crippen LogP contribution in [0.2, 0.25) is 0 Å². The Kier molecular flexibility index (Phi) is 6.01. The van der Waals surface area contributed by atoms with E-state index in [0.29, 0.717) is 25.4 Å². The number of carbonyl (C=O) groups is 1. The van der Waals surface area contributed by atoms with Crippen LogP contribution in [0.3, 0.4) is 0 Å². The number of nitrogens with zero attached hydrogens (tertiary/aromatic N) is 6. The van der Waals surface area contributed by atoms with Crippen molar-refractivity contribution in [2.45, 2.75) is 51.3 Å². The van der Waals surface area contributed by atoms with E-state index in [0.717, 1.165) is 51.2 Å². The van der Waals surface area contributed by atoms with Gasteiger partial charge in [0.2, 0.25) is 0 Å². The van der Waals surface area contributed by atoms with E-state index in [9.17, 15) is 4.79 Å². The first-order valence-electron chi connectivity index (χ1n) is 10.2. The summed E-state index contributed by atoms with van der Waals surface area (Å²) >= 11 is 0. The van der Waals surface area contributed by atoms with Crippen molar-refractivity contribution in [1.82, 2.24) is 30.0 Å². The van der Waals surface area contributed by atoms with E-state index in [-0.39, 0.29) is 18.1 Å². The van der Waals surface area contributed by atoms with Crippen LogP contribution < -0.4 is 0 Å². The highest BCUT2D eigenvalue weighted by atomic mass is 16.5. The molecule has 0 saturated carbocycles. The van der Waals surface area contributed by atoms with Gasteiger partial charge in [0.15, 0.2) is 11.6 Å². The monoisotopic (exact) mass is 388 g/mol. The van der Waals surface area contributed by atoms with Crippen LogP contribution in [0.25, 0.3) is 0 Å². The lowest BCUT2D eigenvalue weighted by molar-refractivity contribution is 0.0503. The number of hydrogen-bond donors (Lipinski definition) is 0. The maximum atomic E-state index is 12.5. The first-order valence-corrected chi connectivity index (χ1v) is 10.2. The number of piperazine rings is 1. The van der Waals surface area contributed by atoms with Crippen LogP contribution in [0.5, 0.6) is 0 Å². The van der Waals surface area contributed by atoms with Gasteiger partial charge in [-0.15, -0.1) is 5.10 Å². The van der Waals surface area contributed by atoms with E-state index < -0.39 is 0 Å². The van der Waals surface area contributed by atoms with E-state index in [2.05, 4.69) is 27.3 Å². The van der Waals surface area contributed by atoms with Gasteiger partial charge in [0.05, 0.1) is 25.0 Å². The van der Waals surface area contributed by atoms with Crippen LogP contribution in [-0.4, -0.2) is 74.8 Å². The van der Waals surface area contributed by atoms with Gasteiger partial charge < -0.3 is 14.1 Å². The third kappa shape index (κ3) is 4.10. The zero-order valence-corrected chi connectivity index (χ0v) is 16.4. The Labute approximate surface area is 164 Å². The van der Waals surface area contributed by atoms with Crippen LogP contribution in [0.1, 0.15) is 55.0 Å². The van der Waals surface area contributed by atoms with E-state index in [1.165, 1.54) is 6.26 Å². The fourth-order valence-electron chi connectivity index (χ4n) is 4.10. The van der Waals surface area contributed by atoms with Crippen molar-refractivity contribution in [2.24, 2.45) is 0 Å². The van der Waals surface area contributed by atoms with Gasteiger partial charge in [-0.1, -0.05) is 13.3 Å². The summed E-state index contributed by atoms with van der Waals surface area (Å²) in [5, 5.41) is 12.5. The molecule has 0 aliphatic carbocycles. The zero-order chi connectivity index (χ0) is 19.3. The number of rotatable bonds is 7. The summed E-state index contributed by atoms with van der Waals surface area (Å²) < 4.78 is 12.9. The van der Waals surface area contributed by atoms with Crippen LogP contribution in [0.15, 0.2) is 22.8 Å². The normalized spacial score (nSPS) is 21.9. The molecule has 4 heterocycles. The minimum absolute atomic E-state index is 0.0418. The van der Waals surface area contributed by atoms with Crippen LogP contribution in [0, 0.1) is 0 Å². The third-order valence-electron chi connectivity index (χ3n) is 5.59. The molecular formula is C19H28N6O3. The van der Waals surface area contributed by atoms with E-state index in [1.807, 2.05) is 9.58 Å². The maximum Gasteiger partial charge on any atom is 0.289 e. The average Bonchev–Trinajstić information content (AvgIpc) is 3.49. The molecule has 2 atom stereocenters. The van der Waals surface area contributed by atoms with Crippen molar-refractivity contribution < 1.29 is 13.9 Å². The molecule has 2 unspecified atom stereocenters. The minimum atomic E-state index is -0.0418. The first kappa shape index (κ1) is 19.1. The molecule has 0 aromatic carbocycles. The van der Waals surface area contributed by atoms with Crippen LogP contribution in [-0.2, 0) is 11.3 Å². The van der Waals surface area contributed by atoms with Gasteiger partial charge in [-0.2, -0.15) is 0 Å². The van der Waals surface area contributed by atoms with Gasteiger partial charge in [-0.05, 0) is 41.8 Å². The van der Waals surface area contributed by atoms with E-state index in [1.54, 1.807) is 12.1 Å². The third-order valence-corrected chi connectivity index (χ3v) is 5.59. The molecule has 0 radical (unpaired) electrons. The van der Waals surface area contributed by atoms with Crippen LogP contribution in [0.4, 0.5) is 0 Å². The molecule has 2 aliphatic heterocycles. The van der Waals surface area contributed by atoms with Gasteiger partial charge in [0.25, 0.3) is 5.91 Å². The molecule has 9 heteroatoms. The molecule has 2 saturated heterocycles. The molecule has 2 fully saturated rings. The Balaban J connectivity index is 1.42. The summed E-state index contributed by atoms with van der Waals surface area (Å²) in [4.78, 5) is 16.8. The second kappa shape index (κ2) is 8.83. The Morgan fingerprint density at radius 2 is 2.18 bits per heavy atom. The predicted molar refractivity (Wildman–Crippen MR) is 101 cm³/mol. The molecule has 2 aromatic heterocycles. The maximum absolute atomic E-state index is 12.5. The number of hydrogen-bond acceptors (Lipinski definition) is 7. The molecule has 1 amide bonds. The predicted octanol–water partition coefficient (Wildman–Crippen LogP) is 1.74. The lowest BCUT2D eigenvalue weighted by Gasteiger charge is -2.38. The molecule has 0 N–H and O–H groups in total. The Morgan fingerprint density at radius 1 is 1.32 bits per heavy atom. The molecule has 9 nitrogen and oxygen atoms in total. The molecular weight excluding hydrogens is 360 g/mol. The summed E-state index contributed by atoms with van der Waals surface area (Å²) in [6.07, 6.45) is 5.93. The summed E-state index contributed by atoms with van der Waals surface area (Å²) in [6, 6.07) is 3.62. The molecule has 152 valence electrons. The summed E-state index contributed by atoms with van der Waals surface area (Å²) in [7, 11) is 0. The SMILES string of the molecule is CCCC(c1nnnn1CC1CCCO1)N1CCN(C(=O)c2ccco2)CC1. The molecule has 2 aliphatic rings. The highest BCUT2D eigenvalue weighted by Gasteiger charge is 2.31. The smallest absolute Gasteiger partial charge is 0.289 e. The number of ether oxygens (including phenoxy) is 1. The second-order valence-electron chi connectivity index (χ2n) is 7.46. The zero-order valence-electron chi connectivity index (χ0n) is 16.4. The van der Waals surface area contributed by atoms with Gasteiger partial charge in [0, 0.05) is 32.8 Å². The molecule has 2 aromatic rings. The quantitative estimate of drug-likeness (QED) is 0.714. The minimum Gasteiger partial charge on any atom is -0.459 e. The molecule has 28 heavy (non-hydrogen) atoms. The average molecular weight is 388 g/mol. The van der Waals surface area contributed by atoms with Crippen molar-refractivity contribution in [3.63, 3.8) is 0 Å². The van der Waals surface area contributed by atoms with E-state index >= 15 is 0 Å². The topological polar surface area (TPSA) is 89.5 Å². The van der Waals surface area contributed by atoms with Crippen molar-refractivity contribution in [2.75, 3.05) is 32.8 Å². The standard InChI is InChI=1S/C19H28N6O3/c1-2-5-16(18-20-21-22-25(18)14-15-6-3-12-27-15)23-8-10-24(11-9-23)19(26)17-7-4-13-28-17/h4,7,13,15-16H,2-3,5-6,8-12,14H2,1H3. The Morgan fingerprint density at radius 3 is 2.86 bits per heavy atom. The number of tetrazole rings is 1. The van der Waals surface area contributed by atoms with E-state index in [4.69, 9.17) is 9.15 Å². The van der Waals surface area contributed by atoms with Crippen molar-refractivity contribution in [1.29, 1.82) is 0 Å². The van der Waals surface area contributed by atoms with Gasteiger partial charge >= 0.3 is 0 Å². The number of amides is 1. The summed E-state index contributed by atoms with van der Waals surface area (Å²) in [5.74, 6) is 1.27. The van der Waals surface area contributed by atoms with Gasteiger partial charge in [-0.3, -0.25) is 9.69 Å². The van der Waals surface area contributed by atoms with Gasteiger partial charge in [-0.25, -0.2) is 4.68 Å². The Bertz CT molecular complexity index is 748. The second-order valence-corrected chi connectivity index (χ2v) is 7.46. The summed E-state index contributed by atoms with van der Waals surface area (Å²) in [5.41, 5.74) is 0.